The van der Waals surface area contributed by atoms with E-state index in [1.807, 2.05) is 46.2 Å². The van der Waals surface area contributed by atoms with E-state index in [4.69, 9.17) is 0 Å². The lowest BCUT2D eigenvalue weighted by atomic mass is 10.1. The van der Waals surface area contributed by atoms with Crippen molar-refractivity contribution in [2.75, 3.05) is 13.1 Å². The zero-order valence-corrected chi connectivity index (χ0v) is 14.2. The molecule has 0 bridgehead atoms. The van der Waals surface area contributed by atoms with E-state index in [0.29, 0.717) is 13.1 Å². The van der Waals surface area contributed by atoms with Gasteiger partial charge in [0.1, 0.15) is 0 Å². The van der Waals surface area contributed by atoms with Gasteiger partial charge in [-0.15, -0.1) is 0 Å². The van der Waals surface area contributed by atoms with E-state index in [9.17, 15) is 4.79 Å². The van der Waals surface area contributed by atoms with Crippen LogP contribution in [0.4, 0.5) is 4.79 Å². The summed E-state index contributed by atoms with van der Waals surface area (Å²) in [6.07, 6.45) is 4.72. The average molecular weight is 322 g/mol. The number of urea groups is 1. The van der Waals surface area contributed by atoms with Gasteiger partial charge in [-0.3, -0.25) is 0 Å². The fraction of sp³-hybridized carbons (Fsp3) is 0.381. The Kier molecular flexibility index (Phi) is 5.89. The first-order valence-corrected chi connectivity index (χ1v) is 8.94. The first kappa shape index (κ1) is 16.6. The molecule has 1 aliphatic heterocycles. The minimum atomic E-state index is 0.171. The Labute approximate surface area is 144 Å². The lowest BCUT2D eigenvalue weighted by molar-refractivity contribution is 0.148. The normalized spacial score (nSPS) is 14.9. The number of hydrogen-bond donors (Lipinski definition) is 0. The molecule has 0 spiro atoms. The second-order valence-corrected chi connectivity index (χ2v) is 6.51. The molecule has 3 heteroatoms. The highest BCUT2D eigenvalue weighted by Crippen LogP contribution is 2.16. The van der Waals surface area contributed by atoms with E-state index >= 15 is 0 Å². The maximum absolute atomic E-state index is 13.1. The zero-order valence-electron chi connectivity index (χ0n) is 14.2. The van der Waals surface area contributed by atoms with Crippen LogP contribution in [-0.4, -0.2) is 28.9 Å². The molecule has 2 aromatic rings. The highest BCUT2D eigenvalue weighted by Gasteiger charge is 2.22. The van der Waals surface area contributed by atoms with E-state index < -0.39 is 0 Å². The van der Waals surface area contributed by atoms with Crippen molar-refractivity contribution in [3.8, 4) is 0 Å². The molecule has 126 valence electrons. The Bertz CT molecular complexity index is 577. The van der Waals surface area contributed by atoms with E-state index in [1.165, 1.54) is 24.0 Å². The molecule has 1 aliphatic rings. The van der Waals surface area contributed by atoms with E-state index in [1.54, 1.807) is 0 Å². The molecule has 0 radical (unpaired) electrons. The first-order valence-electron chi connectivity index (χ1n) is 8.94. The molecular formula is C21H26N2O. The molecule has 2 amide bonds. The van der Waals surface area contributed by atoms with Gasteiger partial charge in [0.2, 0.25) is 0 Å². The number of hydrogen-bond acceptors (Lipinski definition) is 1. The molecule has 0 unspecified atom stereocenters. The Morgan fingerprint density at radius 3 is 1.67 bits per heavy atom. The van der Waals surface area contributed by atoms with Crippen molar-refractivity contribution in [2.45, 2.75) is 38.8 Å². The summed E-state index contributed by atoms with van der Waals surface area (Å²) >= 11 is 0. The number of carbonyl (C=O) groups is 1. The summed E-state index contributed by atoms with van der Waals surface area (Å²) in [5.41, 5.74) is 2.35. The molecule has 1 heterocycles. The van der Waals surface area contributed by atoms with Crippen LogP contribution in [0.25, 0.3) is 0 Å². The van der Waals surface area contributed by atoms with E-state index in [-0.39, 0.29) is 6.03 Å². The molecule has 0 aliphatic carbocycles. The Balaban J connectivity index is 1.76. The summed E-state index contributed by atoms with van der Waals surface area (Å²) in [6.45, 7) is 3.09. The summed E-state index contributed by atoms with van der Waals surface area (Å²) in [7, 11) is 0. The molecule has 1 saturated heterocycles. The number of carbonyl (C=O) groups excluding carboxylic acids is 1. The Hall–Kier alpha value is -2.29. The van der Waals surface area contributed by atoms with Crippen LogP contribution in [0.1, 0.15) is 36.8 Å². The van der Waals surface area contributed by atoms with Gasteiger partial charge in [0.15, 0.2) is 0 Å². The van der Waals surface area contributed by atoms with Crippen LogP contribution in [0.2, 0.25) is 0 Å². The summed E-state index contributed by atoms with van der Waals surface area (Å²) in [6, 6.07) is 20.7. The monoisotopic (exact) mass is 322 g/mol. The van der Waals surface area contributed by atoms with Crippen molar-refractivity contribution in [1.29, 1.82) is 0 Å². The molecule has 0 aromatic heterocycles. The van der Waals surface area contributed by atoms with Crippen LogP contribution in [0.3, 0.4) is 0 Å². The molecule has 1 fully saturated rings. The van der Waals surface area contributed by atoms with Gasteiger partial charge in [0.25, 0.3) is 0 Å². The maximum Gasteiger partial charge on any atom is 0.320 e. The lowest BCUT2D eigenvalue weighted by Gasteiger charge is -2.30. The van der Waals surface area contributed by atoms with E-state index in [2.05, 4.69) is 24.3 Å². The number of likely N-dealkylation sites (tertiary alicyclic amines) is 1. The smallest absolute Gasteiger partial charge is 0.320 e. The molecular weight excluding hydrogens is 296 g/mol. The zero-order chi connectivity index (χ0) is 16.6. The van der Waals surface area contributed by atoms with Gasteiger partial charge in [-0.1, -0.05) is 73.5 Å². The van der Waals surface area contributed by atoms with Gasteiger partial charge >= 0.3 is 6.03 Å². The molecule has 0 atom stereocenters. The minimum absolute atomic E-state index is 0.171. The minimum Gasteiger partial charge on any atom is -0.325 e. The van der Waals surface area contributed by atoms with Crippen molar-refractivity contribution in [3.05, 3.63) is 71.8 Å². The van der Waals surface area contributed by atoms with Gasteiger partial charge in [-0.2, -0.15) is 0 Å². The Morgan fingerprint density at radius 1 is 0.750 bits per heavy atom. The number of nitrogens with zero attached hydrogens (tertiary/aromatic N) is 2. The van der Waals surface area contributed by atoms with Gasteiger partial charge < -0.3 is 9.80 Å². The topological polar surface area (TPSA) is 23.6 Å². The molecule has 24 heavy (non-hydrogen) atoms. The number of benzene rings is 2. The predicted molar refractivity (Wildman–Crippen MR) is 97.6 cm³/mol. The number of amides is 2. The SMILES string of the molecule is O=C(N1CCCCCC1)N(Cc1ccccc1)Cc1ccccc1. The lowest BCUT2D eigenvalue weighted by Crippen LogP contribution is -2.43. The summed E-state index contributed by atoms with van der Waals surface area (Å²) in [5, 5.41) is 0. The van der Waals surface area contributed by atoms with E-state index in [0.717, 1.165) is 25.9 Å². The maximum atomic E-state index is 13.1. The molecule has 0 saturated carbocycles. The van der Waals surface area contributed by atoms with Gasteiger partial charge in [0, 0.05) is 26.2 Å². The largest absolute Gasteiger partial charge is 0.325 e. The van der Waals surface area contributed by atoms with Crippen LogP contribution >= 0.6 is 0 Å². The second kappa shape index (κ2) is 8.53. The standard InChI is InChI=1S/C21H26N2O/c24-21(22-15-9-1-2-10-16-22)23(17-19-11-5-3-6-12-19)18-20-13-7-4-8-14-20/h3-8,11-14H,1-2,9-10,15-18H2. The quantitative estimate of drug-likeness (QED) is 0.801. The van der Waals surface area contributed by atoms with Crippen LogP contribution < -0.4 is 0 Å². The van der Waals surface area contributed by atoms with Crippen molar-refractivity contribution in [3.63, 3.8) is 0 Å². The molecule has 3 nitrogen and oxygen atoms in total. The Morgan fingerprint density at radius 2 is 1.21 bits per heavy atom. The average Bonchev–Trinajstić information content (AvgIpc) is 2.92. The van der Waals surface area contributed by atoms with Gasteiger partial charge in [0.05, 0.1) is 0 Å². The van der Waals surface area contributed by atoms with Gasteiger partial charge in [-0.05, 0) is 24.0 Å². The van der Waals surface area contributed by atoms with Crippen molar-refractivity contribution >= 4 is 6.03 Å². The third-order valence-electron chi connectivity index (χ3n) is 4.58. The number of rotatable bonds is 4. The van der Waals surface area contributed by atoms with Crippen LogP contribution in [-0.2, 0) is 13.1 Å². The molecule has 2 aromatic carbocycles. The van der Waals surface area contributed by atoms with Crippen LogP contribution in [0.15, 0.2) is 60.7 Å². The van der Waals surface area contributed by atoms with Crippen LogP contribution in [0, 0.1) is 0 Å². The molecule has 3 rings (SSSR count). The first-order chi connectivity index (χ1) is 11.8. The summed E-state index contributed by atoms with van der Waals surface area (Å²) < 4.78 is 0. The third-order valence-corrected chi connectivity index (χ3v) is 4.58. The van der Waals surface area contributed by atoms with Crippen molar-refractivity contribution in [1.82, 2.24) is 9.80 Å². The summed E-state index contributed by atoms with van der Waals surface area (Å²) in [4.78, 5) is 17.1. The fourth-order valence-electron chi connectivity index (χ4n) is 3.26. The van der Waals surface area contributed by atoms with Crippen molar-refractivity contribution in [2.24, 2.45) is 0 Å². The highest BCUT2D eigenvalue weighted by molar-refractivity contribution is 5.74. The third kappa shape index (κ3) is 4.60. The van der Waals surface area contributed by atoms with Gasteiger partial charge in [-0.25, -0.2) is 4.79 Å². The molecule has 0 N–H and O–H groups in total. The fourth-order valence-corrected chi connectivity index (χ4v) is 3.26. The second-order valence-electron chi connectivity index (χ2n) is 6.51. The van der Waals surface area contributed by atoms with Crippen LogP contribution in [0.5, 0.6) is 0 Å². The van der Waals surface area contributed by atoms with Crippen molar-refractivity contribution < 1.29 is 4.79 Å². The summed E-state index contributed by atoms with van der Waals surface area (Å²) in [5.74, 6) is 0. The highest BCUT2D eigenvalue weighted by atomic mass is 16.2. The predicted octanol–water partition coefficient (Wildman–Crippen LogP) is 4.68.